The number of aromatic nitrogens is 1. The zero-order chi connectivity index (χ0) is 18.4. The van der Waals surface area contributed by atoms with Crippen LogP contribution in [0.3, 0.4) is 0 Å². The third-order valence-electron chi connectivity index (χ3n) is 3.90. The molecule has 0 radical (unpaired) electrons. The lowest BCUT2D eigenvalue weighted by molar-refractivity contribution is -0.116. The molecule has 2 amide bonds. The first-order valence-electron chi connectivity index (χ1n) is 8.66. The zero-order valence-corrected chi connectivity index (χ0v) is 15.4. The predicted octanol–water partition coefficient (Wildman–Crippen LogP) is 3.99. The Bertz CT molecular complexity index is 887. The molecule has 0 aliphatic rings. The van der Waals surface area contributed by atoms with Crippen molar-refractivity contribution < 1.29 is 14.0 Å². The molecule has 3 aromatic rings. The van der Waals surface area contributed by atoms with Crippen LogP contribution in [0.2, 0.25) is 0 Å². The second-order valence-corrected chi connectivity index (χ2v) is 6.99. The summed E-state index contributed by atoms with van der Waals surface area (Å²) in [4.78, 5) is 28.2. The van der Waals surface area contributed by atoms with E-state index in [1.165, 1.54) is 29.6 Å². The van der Waals surface area contributed by atoms with Crippen molar-refractivity contribution in [3.05, 3.63) is 47.9 Å². The summed E-state index contributed by atoms with van der Waals surface area (Å²) in [7, 11) is 0. The number of carbonyl (C=O) groups is 2. The molecule has 7 heteroatoms. The average molecular weight is 371 g/mol. The van der Waals surface area contributed by atoms with Gasteiger partial charge < -0.3 is 15.1 Å². The van der Waals surface area contributed by atoms with Gasteiger partial charge in [-0.15, -0.1) is 0 Å². The molecule has 2 aromatic heterocycles. The van der Waals surface area contributed by atoms with Crippen molar-refractivity contribution in [2.75, 3.05) is 11.9 Å². The first-order valence-corrected chi connectivity index (χ1v) is 9.48. The molecule has 0 bridgehead atoms. The van der Waals surface area contributed by atoms with Crippen molar-refractivity contribution in [1.29, 1.82) is 0 Å². The van der Waals surface area contributed by atoms with Crippen LogP contribution in [-0.2, 0) is 11.2 Å². The van der Waals surface area contributed by atoms with E-state index in [1.807, 2.05) is 6.07 Å². The Labute approximate surface area is 155 Å². The van der Waals surface area contributed by atoms with Crippen LogP contribution in [0, 0.1) is 0 Å². The highest BCUT2D eigenvalue weighted by Gasteiger charge is 2.11. The summed E-state index contributed by atoms with van der Waals surface area (Å²) < 4.78 is 6.06. The van der Waals surface area contributed by atoms with Crippen LogP contribution in [0.1, 0.15) is 42.3 Å². The molecule has 6 nitrogen and oxygen atoms in total. The van der Waals surface area contributed by atoms with E-state index in [0.29, 0.717) is 5.13 Å². The van der Waals surface area contributed by atoms with Crippen LogP contribution in [0.25, 0.3) is 10.2 Å². The van der Waals surface area contributed by atoms with Crippen LogP contribution < -0.4 is 10.6 Å². The van der Waals surface area contributed by atoms with Gasteiger partial charge in [0, 0.05) is 13.0 Å². The number of nitrogens with one attached hydrogen (secondary N) is 2. The lowest BCUT2D eigenvalue weighted by Gasteiger charge is -2.03. The molecular weight excluding hydrogens is 350 g/mol. The molecule has 2 heterocycles. The molecule has 0 atom stereocenters. The number of fused-ring (bicyclic) bond motifs is 1. The Morgan fingerprint density at radius 1 is 1.27 bits per heavy atom. The van der Waals surface area contributed by atoms with Crippen LogP contribution in [0.4, 0.5) is 5.13 Å². The van der Waals surface area contributed by atoms with Crippen molar-refractivity contribution in [2.24, 2.45) is 0 Å². The van der Waals surface area contributed by atoms with E-state index in [0.717, 1.165) is 23.1 Å². The van der Waals surface area contributed by atoms with Crippen molar-refractivity contribution >= 4 is 38.5 Å². The van der Waals surface area contributed by atoms with Gasteiger partial charge in [-0.05, 0) is 42.7 Å². The third kappa shape index (κ3) is 4.70. The Hall–Kier alpha value is -2.67. The van der Waals surface area contributed by atoms with Gasteiger partial charge in [-0.2, -0.15) is 0 Å². The maximum atomic E-state index is 12.0. The fourth-order valence-electron chi connectivity index (χ4n) is 2.53. The molecular formula is C19H21N3O3S. The number of benzene rings is 1. The summed E-state index contributed by atoms with van der Waals surface area (Å²) in [5.41, 5.74) is 2.18. The van der Waals surface area contributed by atoms with E-state index in [2.05, 4.69) is 34.7 Å². The van der Waals surface area contributed by atoms with Gasteiger partial charge in [0.15, 0.2) is 10.9 Å². The van der Waals surface area contributed by atoms with Gasteiger partial charge in [-0.1, -0.05) is 30.7 Å². The monoisotopic (exact) mass is 371 g/mol. The minimum absolute atomic E-state index is 0.171. The van der Waals surface area contributed by atoms with Gasteiger partial charge in [0.2, 0.25) is 5.91 Å². The lowest BCUT2D eigenvalue weighted by atomic mass is 10.1. The van der Waals surface area contributed by atoms with Crippen LogP contribution in [-0.4, -0.2) is 23.3 Å². The minimum atomic E-state index is -0.331. The topological polar surface area (TPSA) is 84.2 Å². The number of thiazole rings is 1. The Morgan fingerprint density at radius 3 is 2.92 bits per heavy atom. The number of rotatable bonds is 8. The average Bonchev–Trinajstić information content (AvgIpc) is 3.28. The highest BCUT2D eigenvalue weighted by Crippen LogP contribution is 2.27. The smallest absolute Gasteiger partial charge is 0.286 e. The SMILES string of the molecule is CCCCc1ccc2nc(NC(=O)CCNC(=O)c3ccco3)sc2c1. The molecule has 0 aliphatic heterocycles. The molecule has 136 valence electrons. The Morgan fingerprint density at radius 2 is 2.15 bits per heavy atom. The summed E-state index contributed by atoms with van der Waals surface area (Å²) in [5.74, 6) is -0.284. The van der Waals surface area contributed by atoms with Gasteiger partial charge in [0.1, 0.15) is 0 Å². The molecule has 0 spiro atoms. The molecule has 0 aliphatic carbocycles. The number of furan rings is 1. The molecule has 0 saturated carbocycles. The maximum Gasteiger partial charge on any atom is 0.286 e. The molecule has 1 aromatic carbocycles. The quantitative estimate of drug-likeness (QED) is 0.627. The zero-order valence-electron chi connectivity index (χ0n) is 14.6. The van der Waals surface area contributed by atoms with Crippen molar-refractivity contribution in [3.63, 3.8) is 0 Å². The number of hydrogen-bond acceptors (Lipinski definition) is 5. The predicted molar refractivity (Wildman–Crippen MR) is 103 cm³/mol. The lowest BCUT2D eigenvalue weighted by Crippen LogP contribution is -2.27. The number of unbranched alkanes of at least 4 members (excludes halogenated alkanes) is 1. The Kier molecular flexibility index (Phi) is 6.01. The third-order valence-corrected chi connectivity index (χ3v) is 4.83. The van der Waals surface area contributed by atoms with Crippen LogP contribution in [0.5, 0.6) is 0 Å². The van der Waals surface area contributed by atoms with Gasteiger partial charge in [-0.3, -0.25) is 9.59 Å². The number of aryl methyl sites for hydroxylation is 1. The molecule has 3 rings (SSSR count). The van der Waals surface area contributed by atoms with Gasteiger partial charge >= 0.3 is 0 Å². The summed E-state index contributed by atoms with van der Waals surface area (Å²) in [5, 5.41) is 6.02. The van der Waals surface area contributed by atoms with E-state index >= 15 is 0 Å². The van der Waals surface area contributed by atoms with Crippen LogP contribution >= 0.6 is 11.3 Å². The number of nitrogens with zero attached hydrogens (tertiary/aromatic N) is 1. The van der Waals surface area contributed by atoms with Crippen LogP contribution in [0.15, 0.2) is 41.0 Å². The number of amides is 2. The molecule has 0 unspecified atom stereocenters. The first-order chi connectivity index (χ1) is 12.7. The second-order valence-electron chi connectivity index (χ2n) is 5.96. The van der Waals surface area contributed by atoms with E-state index in [1.54, 1.807) is 12.1 Å². The maximum absolute atomic E-state index is 12.0. The molecule has 2 N–H and O–H groups in total. The minimum Gasteiger partial charge on any atom is -0.459 e. The van der Waals surface area contributed by atoms with Crippen molar-refractivity contribution in [2.45, 2.75) is 32.6 Å². The molecule has 0 fully saturated rings. The normalized spacial score (nSPS) is 10.8. The highest BCUT2D eigenvalue weighted by molar-refractivity contribution is 7.22. The summed E-state index contributed by atoms with van der Waals surface area (Å²) in [6, 6.07) is 9.44. The fraction of sp³-hybridized carbons (Fsp3) is 0.316. The van der Waals surface area contributed by atoms with Gasteiger partial charge in [0.25, 0.3) is 5.91 Å². The van der Waals surface area contributed by atoms with E-state index in [4.69, 9.17) is 4.42 Å². The first kappa shape index (κ1) is 18.1. The van der Waals surface area contributed by atoms with Crippen molar-refractivity contribution in [3.8, 4) is 0 Å². The molecule has 26 heavy (non-hydrogen) atoms. The Balaban J connectivity index is 1.51. The fourth-order valence-corrected chi connectivity index (χ4v) is 3.47. The van der Waals surface area contributed by atoms with E-state index in [9.17, 15) is 9.59 Å². The largest absolute Gasteiger partial charge is 0.459 e. The molecule has 0 saturated heterocycles. The highest BCUT2D eigenvalue weighted by atomic mass is 32.1. The second kappa shape index (κ2) is 8.62. The van der Waals surface area contributed by atoms with Gasteiger partial charge in [-0.25, -0.2) is 4.98 Å². The standard InChI is InChI=1S/C19H21N3O3S/c1-2-3-5-13-7-8-14-16(12-13)26-19(21-14)22-17(23)9-10-20-18(24)15-6-4-11-25-15/h4,6-8,11-12H,2-3,5,9-10H2,1H3,(H,20,24)(H,21,22,23). The number of hydrogen-bond donors (Lipinski definition) is 2. The summed E-state index contributed by atoms with van der Waals surface area (Å²) >= 11 is 1.47. The van der Waals surface area contributed by atoms with Crippen molar-refractivity contribution in [1.82, 2.24) is 10.3 Å². The van der Waals surface area contributed by atoms with E-state index < -0.39 is 0 Å². The number of carbonyl (C=O) groups excluding carboxylic acids is 2. The number of anilines is 1. The van der Waals surface area contributed by atoms with E-state index in [-0.39, 0.29) is 30.5 Å². The van der Waals surface area contributed by atoms with Gasteiger partial charge in [0.05, 0.1) is 16.5 Å². The summed E-state index contributed by atoms with van der Waals surface area (Å²) in [6.07, 6.45) is 4.99. The summed E-state index contributed by atoms with van der Waals surface area (Å²) in [6.45, 7) is 2.41.